The van der Waals surface area contributed by atoms with Crippen LogP contribution < -0.4 is 10.6 Å². The first-order chi connectivity index (χ1) is 7.68. The van der Waals surface area contributed by atoms with E-state index in [0.29, 0.717) is 0 Å². The fourth-order valence-electron chi connectivity index (χ4n) is 1.72. The van der Waals surface area contributed by atoms with E-state index in [9.17, 15) is 9.18 Å². The second kappa shape index (κ2) is 4.80. The van der Waals surface area contributed by atoms with Crippen LogP contribution in [0.3, 0.4) is 0 Å². The van der Waals surface area contributed by atoms with E-state index in [1.54, 1.807) is 0 Å². The molecule has 1 aromatic carbocycles. The molecule has 0 radical (unpaired) electrons. The molecule has 16 heavy (non-hydrogen) atoms. The Labute approximate surface area is 98.0 Å². The molecule has 3 nitrogen and oxygen atoms in total. The van der Waals surface area contributed by atoms with Gasteiger partial charge in [0, 0.05) is 12.6 Å². The summed E-state index contributed by atoms with van der Waals surface area (Å²) in [5.41, 5.74) is 0.188. The first-order valence-corrected chi connectivity index (χ1v) is 5.52. The molecule has 0 aliphatic carbocycles. The molecule has 1 aromatic rings. The van der Waals surface area contributed by atoms with Crippen LogP contribution in [-0.2, 0) is 0 Å². The lowest BCUT2D eigenvalue weighted by Gasteiger charge is -2.12. The van der Waals surface area contributed by atoms with Crippen LogP contribution in [0, 0.1) is 5.82 Å². The van der Waals surface area contributed by atoms with Crippen molar-refractivity contribution in [2.24, 2.45) is 0 Å². The Hall–Kier alpha value is -1.13. The molecule has 1 saturated heterocycles. The summed E-state index contributed by atoms with van der Waals surface area (Å²) >= 11 is 5.72. The highest BCUT2D eigenvalue weighted by molar-refractivity contribution is 6.34. The average Bonchev–Trinajstić information content (AvgIpc) is 2.74. The number of carbonyl (C=O) groups is 1. The van der Waals surface area contributed by atoms with Gasteiger partial charge in [-0.3, -0.25) is 4.79 Å². The van der Waals surface area contributed by atoms with Crippen LogP contribution in [0.4, 0.5) is 4.39 Å². The molecule has 1 aliphatic rings. The van der Waals surface area contributed by atoms with Gasteiger partial charge in [0.25, 0.3) is 5.91 Å². The smallest absolute Gasteiger partial charge is 0.253 e. The molecule has 2 rings (SSSR count). The Morgan fingerprint density at radius 3 is 3.06 bits per heavy atom. The molecule has 0 bridgehead atoms. The van der Waals surface area contributed by atoms with E-state index >= 15 is 0 Å². The maximum atomic E-state index is 13.1. The van der Waals surface area contributed by atoms with Gasteiger partial charge in [0.2, 0.25) is 0 Å². The topological polar surface area (TPSA) is 41.1 Å². The van der Waals surface area contributed by atoms with Crippen LogP contribution in [0.5, 0.6) is 0 Å². The fourth-order valence-corrected chi connectivity index (χ4v) is 1.93. The SMILES string of the molecule is O=C(NC1CCNC1)c1cccc(F)c1Cl. The van der Waals surface area contributed by atoms with Crippen molar-refractivity contribution in [3.05, 3.63) is 34.6 Å². The van der Waals surface area contributed by atoms with Crippen molar-refractivity contribution in [2.45, 2.75) is 12.5 Å². The van der Waals surface area contributed by atoms with E-state index in [0.717, 1.165) is 19.5 Å². The van der Waals surface area contributed by atoms with Gasteiger partial charge in [-0.05, 0) is 25.1 Å². The summed E-state index contributed by atoms with van der Waals surface area (Å²) in [5.74, 6) is -0.892. The lowest BCUT2D eigenvalue weighted by Crippen LogP contribution is -2.36. The van der Waals surface area contributed by atoms with Crippen LogP contribution in [0.25, 0.3) is 0 Å². The van der Waals surface area contributed by atoms with Gasteiger partial charge < -0.3 is 10.6 Å². The minimum atomic E-state index is -0.570. The average molecular weight is 243 g/mol. The van der Waals surface area contributed by atoms with Crippen molar-refractivity contribution in [1.29, 1.82) is 0 Å². The van der Waals surface area contributed by atoms with Gasteiger partial charge in [-0.25, -0.2) is 4.39 Å². The molecular weight excluding hydrogens is 231 g/mol. The molecule has 0 saturated carbocycles. The third-order valence-corrected chi connectivity index (χ3v) is 2.98. The van der Waals surface area contributed by atoms with E-state index in [-0.39, 0.29) is 22.5 Å². The summed E-state index contributed by atoms with van der Waals surface area (Å²) < 4.78 is 13.1. The number of halogens is 2. The summed E-state index contributed by atoms with van der Waals surface area (Å²) in [4.78, 5) is 11.8. The quantitative estimate of drug-likeness (QED) is 0.827. The highest BCUT2D eigenvalue weighted by Gasteiger charge is 2.19. The zero-order valence-corrected chi connectivity index (χ0v) is 9.35. The molecule has 1 fully saturated rings. The number of carbonyl (C=O) groups excluding carboxylic acids is 1. The van der Waals surface area contributed by atoms with Crippen LogP contribution in [0.1, 0.15) is 16.8 Å². The summed E-state index contributed by atoms with van der Waals surface area (Å²) in [6, 6.07) is 4.33. The van der Waals surface area contributed by atoms with Crippen LogP contribution in [0.2, 0.25) is 5.02 Å². The predicted molar refractivity (Wildman–Crippen MR) is 60.2 cm³/mol. The predicted octanol–water partition coefficient (Wildman–Crippen LogP) is 1.57. The summed E-state index contributed by atoms with van der Waals surface area (Å²) in [6.45, 7) is 1.64. The third-order valence-electron chi connectivity index (χ3n) is 2.59. The Bertz CT molecular complexity index is 405. The second-order valence-electron chi connectivity index (χ2n) is 3.76. The number of hydrogen-bond acceptors (Lipinski definition) is 2. The van der Waals surface area contributed by atoms with E-state index in [1.807, 2.05) is 0 Å². The Morgan fingerprint density at radius 1 is 1.56 bits per heavy atom. The maximum absolute atomic E-state index is 13.1. The molecule has 0 spiro atoms. The lowest BCUT2D eigenvalue weighted by atomic mass is 10.2. The Morgan fingerprint density at radius 2 is 2.38 bits per heavy atom. The van der Waals surface area contributed by atoms with Crippen molar-refractivity contribution in [3.63, 3.8) is 0 Å². The molecule has 5 heteroatoms. The number of rotatable bonds is 2. The lowest BCUT2D eigenvalue weighted by molar-refractivity contribution is 0.0940. The van der Waals surface area contributed by atoms with Crippen molar-refractivity contribution in [1.82, 2.24) is 10.6 Å². The molecule has 1 atom stereocenters. The van der Waals surface area contributed by atoms with E-state index < -0.39 is 5.82 Å². The maximum Gasteiger partial charge on any atom is 0.253 e. The van der Waals surface area contributed by atoms with Crippen LogP contribution in [0.15, 0.2) is 18.2 Å². The summed E-state index contributed by atoms with van der Waals surface area (Å²) in [7, 11) is 0. The third kappa shape index (κ3) is 2.33. The van der Waals surface area contributed by atoms with Gasteiger partial charge in [0.05, 0.1) is 10.6 Å². The van der Waals surface area contributed by atoms with Gasteiger partial charge in [-0.15, -0.1) is 0 Å². The minimum absolute atomic E-state index is 0.104. The van der Waals surface area contributed by atoms with Crippen LogP contribution >= 0.6 is 11.6 Å². The van der Waals surface area contributed by atoms with E-state index in [2.05, 4.69) is 10.6 Å². The molecule has 1 amide bonds. The zero-order valence-electron chi connectivity index (χ0n) is 8.59. The molecule has 1 unspecified atom stereocenters. The van der Waals surface area contributed by atoms with Crippen molar-refractivity contribution in [3.8, 4) is 0 Å². The molecule has 0 aromatic heterocycles. The highest BCUT2D eigenvalue weighted by Crippen LogP contribution is 2.19. The van der Waals surface area contributed by atoms with Gasteiger partial charge in [0.15, 0.2) is 0 Å². The summed E-state index contributed by atoms with van der Waals surface area (Å²) in [5, 5.41) is 5.82. The number of nitrogens with one attached hydrogen (secondary N) is 2. The molecule has 1 aliphatic heterocycles. The summed E-state index contributed by atoms with van der Waals surface area (Å²) in [6.07, 6.45) is 0.888. The monoisotopic (exact) mass is 242 g/mol. The zero-order chi connectivity index (χ0) is 11.5. The molecule has 2 N–H and O–H groups in total. The van der Waals surface area contributed by atoms with Crippen molar-refractivity contribution >= 4 is 17.5 Å². The number of hydrogen-bond donors (Lipinski definition) is 2. The van der Waals surface area contributed by atoms with Gasteiger partial charge in [-0.1, -0.05) is 17.7 Å². The Kier molecular flexibility index (Phi) is 3.41. The van der Waals surface area contributed by atoms with Gasteiger partial charge >= 0.3 is 0 Å². The largest absolute Gasteiger partial charge is 0.348 e. The first-order valence-electron chi connectivity index (χ1n) is 5.14. The van der Waals surface area contributed by atoms with Gasteiger partial charge in [-0.2, -0.15) is 0 Å². The number of benzene rings is 1. The Balaban J connectivity index is 2.11. The normalized spacial score (nSPS) is 19.8. The van der Waals surface area contributed by atoms with Crippen molar-refractivity contribution in [2.75, 3.05) is 13.1 Å². The van der Waals surface area contributed by atoms with Gasteiger partial charge in [0.1, 0.15) is 5.82 Å². The van der Waals surface area contributed by atoms with Crippen molar-refractivity contribution < 1.29 is 9.18 Å². The molecule has 1 heterocycles. The number of amides is 1. The molecule has 86 valence electrons. The highest BCUT2D eigenvalue weighted by atomic mass is 35.5. The van der Waals surface area contributed by atoms with Crippen LogP contribution in [-0.4, -0.2) is 25.0 Å². The minimum Gasteiger partial charge on any atom is -0.348 e. The second-order valence-corrected chi connectivity index (χ2v) is 4.14. The molecular formula is C11H12ClFN2O. The van der Waals surface area contributed by atoms with E-state index in [1.165, 1.54) is 18.2 Å². The fraction of sp³-hybridized carbons (Fsp3) is 0.364. The first kappa shape index (κ1) is 11.4. The standard InChI is InChI=1S/C11H12ClFN2O/c12-10-8(2-1-3-9(10)13)11(16)15-7-4-5-14-6-7/h1-3,7,14H,4-6H2,(H,15,16). The van der Waals surface area contributed by atoms with E-state index in [4.69, 9.17) is 11.6 Å².